The fourth-order valence-corrected chi connectivity index (χ4v) is 5.36. The second-order valence-corrected chi connectivity index (χ2v) is 8.41. The van der Waals surface area contributed by atoms with Crippen molar-refractivity contribution in [1.82, 2.24) is 10.4 Å². The number of rotatable bonds is 3. The quantitative estimate of drug-likeness (QED) is 0.630. The fraction of sp³-hybridized carbons (Fsp3) is 0.412. The molecule has 3 N–H and O–H groups in total. The van der Waals surface area contributed by atoms with Gasteiger partial charge in [-0.3, -0.25) is 5.32 Å². The monoisotopic (exact) mass is 344 g/mol. The van der Waals surface area contributed by atoms with Gasteiger partial charge in [-0.1, -0.05) is 12.1 Å². The van der Waals surface area contributed by atoms with Crippen LogP contribution in [-0.2, 0) is 17.3 Å². The summed E-state index contributed by atoms with van der Waals surface area (Å²) < 4.78 is 5.23. The smallest absolute Gasteiger partial charge is 0.181 e. The normalized spacial score (nSPS) is 31.2. The maximum Gasteiger partial charge on any atom is 0.181 e. The largest absolute Gasteiger partial charge is 0.497 e. The molecule has 126 valence electrons. The highest BCUT2D eigenvalue weighted by molar-refractivity contribution is 8.00. The molecular formula is C17H22N5OS+. The van der Waals surface area contributed by atoms with Crippen molar-refractivity contribution >= 4 is 22.9 Å². The van der Waals surface area contributed by atoms with Gasteiger partial charge in [0.1, 0.15) is 12.0 Å². The molecule has 3 heterocycles. The first-order valence-electron chi connectivity index (χ1n) is 7.99. The van der Waals surface area contributed by atoms with Crippen LogP contribution in [0.25, 0.3) is 0 Å². The van der Waals surface area contributed by atoms with Crippen LogP contribution in [0.2, 0.25) is 0 Å². The van der Waals surface area contributed by atoms with Gasteiger partial charge in [-0.25, -0.2) is 16.0 Å². The van der Waals surface area contributed by atoms with Crippen molar-refractivity contribution in [2.45, 2.75) is 12.0 Å². The van der Waals surface area contributed by atoms with Crippen molar-refractivity contribution < 1.29 is 4.74 Å². The zero-order valence-corrected chi connectivity index (χ0v) is 14.7. The highest BCUT2D eigenvalue weighted by Crippen LogP contribution is 2.37. The van der Waals surface area contributed by atoms with Gasteiger partial charge in [-0.05, 0) is 30.2 Å². The van der Waals surface area contributed by atoms with E-state index in [-0.39, 0.29) is 22.4 Å². The number of nitrogens with two attached hydrogens (primary N) is 1. The molecule has 0 aromatic heterocycles. The van der Waals surface area contributed by atoms with E-state index in [2.05, 4.69) is 39.9 Å². The minimum atomic E-state index is -0.294. The summed E-state index contributed by atoms with van der Waals surface area (Å²) in [5, 5.41) is 9.53. The van der Waals surface area contributed by atoms with Crippen LogP contribution < -0.4 is 15.9 Å². The maximum atomic E-state index is 5.92. The second kappa shape index (κ2) is 5.91. The summed E-state index contributed by atoms with van der Waals surface area (Å²) in [6.07, 6.45) is 7.58. The lowest BCUT2D eigenvalue weighted by Crippen LogP contribution is -2.51. The van der Waals surface area contributed by atoms with E-state index < -0.39 is 0 Å². The number of hydrogen-bond acceptors (Lipinski definition) is 6. The predicted octanol–water partition coefficient (Wildman–Crippen LogP) is 0.873. The number of hydrogen-bond donors (Lipinski definition) is 2. The highest BCUT2D eigenvalue weighted by Gasteiger charge is 2.57. The topological polar surface area (TPSA) is 75.2 Å². The van der Waals surface area contributed by atoms with Crippen molar-refractivity contribution in [3.63, 3.8) is 0 Å². The molecule has 24 heavy (non-hydrogen) atoms. The number of hydrazine groups is 1. The molecule has 3 aliphatic heterocycles. The molecule has 0 radical (unpaired) electrons. The lowest BCUT2D eigenvalue weighted by molar-refractivity contribution is 0.294. The number of nitrogens with one attached hydrogen (secondary N) is 1. The molecule has 1 saturated heterocycles. The molecule has 0 bridgehead atoms. The van der Waals surface area contributed by atoms with Gasteiger partial charge >= 0.3 is 0 Å². The fourth-order valence-electron chi connectivity index (χ4n) is 3.52. The first-order valence-corrected chi connectivity index (χ1v) is 9.79. The average molecular weight is 344 g/mol. The summed E-state index contributed by atoms with van der Waals surface area (Å²) in [5.74, 6) is 8.83. The van der Waals surface area contributed by atoms with Gasteiger partial charge in [0.15, 0.2) is 22.2 Å². The predicted molar refractivity (Wildman–Crippen MR) is 99.1 cm³/mol. The van der Waals surface area contributed by atoms with Gasteiger partial charge in [0, 0.05) is 23.0 Å². The van der Waals surface area contributed by atoms with E-state index in [4.69, 9.17) is 10.6 Å². The van der Waals surface area contributed by atoms with Gasteiger partial charge in [0.05, 0.1) is 13.7 Å². The number of amidine groups is 1. The molecule has 1 spiro atoms. The van der Waals surface area contributed by atoms with E-state index in [1.807, 2.05) is 18.3 Å². The molecule has 0 aliphatic carbocycles. The van der Waals surface area contributed by atoms with E-state index in [0.29, 0.717) is 6.54 Å². The Labute approximate surface area is 144 Å². The SMILES string of the molecule is COc1ccc(CC2C=NC3=NN(N)CC34NC[S+](C)C4=C2)cc1. The Kier molecular flexibility index (Phi) is 3.86. The van der Waals surface area contributed by atoms with Crippen LogP contribution in [0.15, 0.2) is 45.3 Å². The van der Waals surface area contributed by atoms with Crippen molar-refractivity contribution in [1.29, 1.82) is 0 Å². The number of methoxy groups -OCH3 is 1. The third-order valence-electron chi connectivity index (χ3n) is 4.77. The third-order valence-corrected chi connectivity index (χ3v) is 6.59. The summed E-state index contributed by atoms with van der Waals surface area (Å²) in [6, 6.07) is 8.24. The molecule has 1 aromatic carbocycles. The van der Waals surface area contributed by atoms with Crippen molar-refractivity contribution in [3.05, 3.63) is 40.8 Å². The first-order chi connectivity index (χ1) is 11.6. The molecule has 6 nitrogen and oxygen atoms in total. The number of hydrazone groups is 1. The van der Waals surface area contributed by atoms with Crippen molar-refractivity contribution in [2.24, 2.45) is 21.9 Å². The Hall–Kier alpha value is -1.83. The molecule has 1 fully saturated rings. The Balaban J connectivity index is 1.64. The Morgan fingerprint density at radius 1 is 1.42 bits per heavy atom. The Bertz CT molecular complexity index is 729. The van der Waals surface area contributed by atoms with Crippen LogP contribution in [0.5, 0.6) is 5.75 Å². The van der Waals surface area contributed by atoms with Crippen LogP contribution in [0, 0.1) is 5.92 Å². The lowest BCUT2D eigenvalue weighted by atomic mass is 9.95. The van der Waals surface area contributed by atoms with Gasteiger partial charge in [-0.15, -0.1) is 5.10 Å². The summed E-state index contributed by atoms with van der Waals surface area (Å²) in [7, 11) is 1.85. The van der Waals surface area contributed by atoms with E-state index >= 15 is 0 Å². The van der Waals surface area contributed by atoms with Crippen LogP contribution in [0.3, 0.4) is 0 Å². The Morgan fingerprint density at radius 3 is 2.96 bits per heavy atom. The summed E-state index contributed by atoms with van der Waals surface area (Å²) in [6.45, 7) is 0.651. The zero-order chi connectivity index (χ0) is 16.7. The van der Waals surface area contributed by atoms with Crippen LogP contribution >= 0.6 is 0 Å². The summed E-state index contributed by atoms with van der Waals surface area (Å²) in [4.78, 5) is 6.08. The zero-order valence-electron chi connectivity index (χ0n) is 13.9. The minimum absolute atomic E-state index is 0.168. The molecule has 4 rings (SSSR count). The van der Waals surface area contributed by atoms with Crippen LogP contribution in [-0.4, -0.2) is 48.5 Å². The molecule has 3 aliphatic rings. The van der Waals surface area contributed by atoms with Gasteiger partial charge in [-0.2, -0.15) is 0 Å². The molecule has 7 heteroatoms. The second-order valence-electron chi connectivity index (χ2n) is 6.41. The van der Waals surface area contributed by atoms with Crippen LogP contribution in [0.1, 0.15) is 5.56 Å². The molecule has 3 atom stereocenters. The highest BCUT2D eigenvalue weighted by atomic mass is 32.2. The minimum Gasteiger partial charge on any atom is -0.497 e. The summed E-state index contributed by atoms with van der Waals surface area (Å²) >= 11 is 0. The van der Waals surface area contributed by atoms with E-state index in [1.165, 1.54) is 15.6 Å². The molecular weight excluding hydrogens is 322 g/mol. The molecule has 0 amide bonds. The van der Waals surface area contributed by atoms with E-state index in [0.717, 1.165) is 23.9 Å². The number of benzene rings is 1. The van der Waals surface area contributed by atoms with Crippen LogP contribution in [0.4, 0.5) is 0 Å². The molecule has 1 aromatic rings. The number of nitrogens with zero attached hydrogens (tertiary/aromatic N) is 3. The average Bonchev–Trinajstić information content (AvgIpc) is 3.02. The molecule has 0 saturated carbocycles. The van der Waals surface area contributed by atoms with Gasteiger partial charge < -0.3 is 4.74 Å². The lowest BCUT2D eigenvalue weighted by Gasteiger charge is -2.20. The van der Waals surface area contributed by atoms with E-state index in [1.54, 1.807) is 7.11 Å². The Morgan fingerprint density at radius 2 is 2.21 bits per heavy atom. The summed E-state index contributed by atoms with van der Waals surface area (Å²) in [5.41, 5.74) is 0.979. The molecule has 3 unspecified atom stereocenters. The maximum absolute atomic E-state index is 5.92. The first kappa shape index (κ1) is 15.7. The third kappa shape index (κ3) is 2.53. The standard InChI is InChI=1S/C17H22N5OS/c1-23-14-5-3-12(4-6-14)7-13-8-15-17(20-11-24(15)2)10-22(18)21-16(17)19-9-13/h3-6,8-9,13,20H,7,10-11,18H2,1-2H3/q+1. The van der Waals surface area contributed by atoms with E-state index in [9.17, 15) is 0 Å². The number of allylic oxidation sites excluding steroid dienone is 1. The van der Waals surface area contributed by atoms with Gasteiger partial charge in [0.2, 0.25) is 0 Å². The van der Waals surface area contributed by atoms with Crippen molar-refractivity contribution in [2.75, 3.05) is 25.8 Å². The van der Waals surface area contributed by atoms with Crippen molar-refractivity contribution in [3.8, 4) is 5.75 Å². The van der Waals surface area contributed by atoms with Gasteiger partial charge in [0.25, 0.3) is 0 Å². The number of ether oxygens (including phenoxy) is 1. The number of aliphatic imine (C=N–C) groups is 1.